The smallest absolute Gasteiger partial charge is 0.261 e. The van der Waals surface area contributed by atoms with Crippen LogP contribution in [0, 0.1) is 6.92 Å². The van der Waals surface area contributed by atoms with Crippen LogP contribution in [0.5, 0.6) is 11.5 Å². The van der Waals surface area contributed by atoms with Gasteiger partial charge in [0, 0.05) is 50.7 Å². The van der Waals surface area contributed by atoms with E-state index in [0.29, 0.717) is 23.6 Å². The molecule has 0 unspecified atom stereocenters. The van der Waals surface area contributed by atoms with E-state index < -0.39 is 0 Å². The topological polar surface area (TPSA) is 45.3 Å². The summed E-state index contributed by atoms with van der Waals surface area (Å²) in [7, 11) is 1.60. The van der Waals surface area contributed by atoms with Crippen LogP contribution in [-0.4, -0.2) is 62.1 Å². The third kappa shape index (κ3) is 5.20. The van der Waals surface area contributed by atoms with Gasteiger partial charge in [-0.2, -0.15) is 0 Å². The molecule has 0 aliphatic carbocycles. The second kappa shape index (κ2) is 9.88. The van der Waals surface area contributed by atoms with Crippen molar-refractivity contribution in [3.8, 4) is 11.5 Å². The summed E-state index contributed by atoms with van der Waals surface area (Å²) in [5.41, 5.74) is 3.20. The van der Waals surface area contributed by atoms with Crippen molar-refractivity contribution in [2.45, 2.75) is 19.8 Å². The monoisotopic (exact) mass is 421 g/mol. The number of aryl methyl sites for hydroxylation is 1. The highest BCUT2D eigenvalue weighted by Crippen LogP contribution is 2.28. The highest BCUT2D eigenvalue weighted by molar-refractivity contribution is 5.98. The predicted molar refractivity (Wildman–Crippen MR) is 123 cm³/mol. The molecule has 2 aliphatic rings. The third-order valence-electron chi connectivity index (χ3n) is 5.98. The fourth-order valence-electron chi connectivity index (χ4n) is 4.15. The fraction of sp³-hybridized carbons (Fsp3) is 0.400. The summed E-state index contributed by atoms with van der Waals surface area (Å²) in [5, 5.41) is 0. The summed E-state index contributed by atoms with van der Waals surface area (Å²) >= 11 is 0. The van der Waals surface area contributed by atoms with E-state index in [0.717, 1.165) is 45.6 Å². The van der Waals surface area contributed by atoms with E-state index in [1.54, 1.807) is 42.7 Å². The van der Waals surface area contributed by atoms with E-state index in [4.69, 9.17) is 9.47 Å². The number of ether oxygens (including phenoxy) is 2. The minimum Gasteiger partial charge on any atom is -0.497 e. The van der Waals surface area contributed by atoms with Crippen molar-refractivity contribution >= 4 is 11.6 Å². The highest BCUT2D eigenvalue weighted by Gasteiger charge is 2.22. The van der Waals surface area contributed by atoms with Crippen molar-refractivity contribution in [2.75, 3.05) is 51.3 Å². The molecule has 1 fully saturated rings. The molecule has 0 spiro atoms. The molecule has 2 aliphatic heterocycles. The number of anilines is 1. The second-order valence-corrected chi connectivity index (χ2v) is 8.14. The predicted octanol–water partition coefficient (Wildman–Crippen LogP) is 3.91. The molecule has 4 rings (SSSR count). The number of rotatable bonds is 7. The van der Waals surface area contributed by atoms with Gasteiger partial charge in [0.05, 0.1) is 12.7 Å². The van der Waals surface area contributed by atoms with Gasteiger partial charge >= 0.3 is 0 Å². The van der Waals surface area contributed by atoms with Crippen molar-refractivity contribution in [3.63, 3.8) is 0 Å². The van der Waals surface area contributed by atoms with Gasteiger partial charge in [-0.05, 0) is 56.1 Å². The van der Waals surface area contributed by atoms with Gasteiger partial charge in [0.15, 0.2) is 0 Å². The van der Waals surface area contributed by atoms with Crippen LogP contribution >= 0.6 is 0 Å². The van der Waals surface area contributed by atoms with Crippen molar-refractivity contribution in [3.05, 3.63) is 66.1 Å². The molecular weight excluding hydrogens is 390 g/mol. The number of hydrogen-bond acceptors (Lipinski definition) is 5. The molecule has 0 atom stereocenters. The molecule has 0 bridgehead atoms. The van der Waals surface area contributed by atoms with Crippen LogP contribution in [0.3, 0.4) is 0 Å². The number of amides is 1. The minimum atomic E-state index is -0.0295. The Hall–Kier alpha value is -2.99. The zero-order valence-electron chi connectivity index (χ0n) is 18.4. The average molecular weight is 422 g/mol. The van der Waals surface area contributed by atoms with E-state index in [9.17, 15) is 4.79 Å². The largest absolute Gasteiger partial charge is 0.497 e. The first-order chi connectivity index (χ1) is 15.1. The van der Waals surface area contributed by atoms with E-state index >= 15 is 0 Å². The first-order valence-electron chi connectivity index (χ1n) is 11.0. The number of unbranched alkanes of at least 4 members (excludes halogenated alkanes) is 1. The van der Waals surface area contributed by atoms with Crippen LogP contribution in [0.1, 0.15) is 28.8 Å². The van der Waals surface area contributed by atoms with Crippen molar-refractivity contribution in [2.24, 2.45) is 0 Å². The van der Waals surface area contributed by atoms with E-state index in [2.05, 4.69) is 41.0 Å². The van der Waals surface area contributed by atoms with Crippen LogP contribution in [0.4, 0.5) is 5.69 Å². The van der Waals surface area contributed by atoms with Crippen LogP contribution in [0.2, 0.25) is 0 Å². The number of nitrogens with zero attached hydrogens (tertiary/aromatic N) is 3. The lowest BCUT2D eigenvalue weighted by atomic mass is 10.1. The SMILES string of the molecule is COc1ccc2c(c1)OC=CN(CCCCN1CCN(c3cccc(C)c3)CC1)C2=O. The summed E-state index contributed by atoms with van der Waals surface area (Å²) < 4.78 is 10.8. The van der Waals surface area contributed by atoms with Crippen molar-refractivity contribution < 1.29 is 14.3 Å². The number of carbonyl (C=O) groups excluding carboxylic acids is 1. The first-order valence-corrected chi connectivity index (χ1v) is 11.0. The van der Waals surface area contributed by atoms with E-state index in [1.165, 1.54) is 11.3 Å². The molecule has 2 aromatic rings. The van der Waals surface area contributed by atoms with Crippen LogP contribution in [0.25, 0.3) is 0 Å². The Balaban J connectivity index is 1.22. The lowest BCUT2D eigenvalue weighted by Gasteiger charge is -2.36. The third-order valence-corrected chi connectivity index (χ3v) is 5.98. The quantitative estimate of drug-likeness (QED) is 0.635. The van der Waals surface area contributed by atoms with Crippen molar-refractivity contribution in [1.29, 1.82) is 0 Å². The maximum absolute atomic E-state index is 12.9. The zero-order chi connectivity index (χ0) is 21.6. The summed E-state index contributed by atoms with van der Waals surface area (Å²) in [6.45, 7) is 8.19. The Labute approximate surface area is 184 Å². The van der Waals surface area contributed by atoms with Gasteiger partial charge in [0.1, 0.15) is 17.8 Å². The molecule has 6 nitrogen and oxygen atoms in total. The Kier molecular flexibility index (Phi) is 6.77. The molecule has 164 valence electrons. The summed E-state index contributed by atoms with van der Waals surface area (Å²) in [6.07, 6.45) is 5.33. The Bertz CT molecular complexity index is 935. The maximum atomic E-state index is 12.9. The van der Waals surface area contributed by atoms with Gasteiger partial charge in [-0.25, -0.2) is 0 Å². The lowest BCUT2D eigenvalue weighted by Crippen LogP contribution is -2.46. The summed E-state index contributed by atoms with van der Waals surface area (Å²) in [5.74, 6) is 1.18. The van der Waals surface area contributed by atoms with Crippen molar-refractivity contribution in [1.82, 2.24) is 9.80 Å². The van der Waals surface area contributed by atoms with Crippen LogP contribution in [-0.2, 0) is 0 Å². The molecule has 1 saturated heterocycles. The maximum Gasteiger partial charge on any atom is 0.261 e. The fourth-order valence-corrected chi connectivity index (χ4v) is 4.15. The number of fused-ring (bicyclic) bond motifs is 1. The van der Waals surface area contributed by atoms with Gasteiger partial charge in [-0.15, -0.1) is 0 Å². The average Bonchev–Trinajstić information content (AvgIpc) is 2.95. The van der Waals surface area contributed by atoms with Gasteiger partial charge in [-0.1, -0.05) is 12.1 Å². The van der Waals surface area contributed by atoms with Gasteiger partial charge in [0.2, 0.25) is 0 Å². The molecule has 1 amide bonds. The van der Waals surface area contributed by atoms with E-state index in [1.807, 2.05) is 0 Å². The van der Waals surface area contributed by atoms with Gasteiger partial charge in [0.25, 0.3) is 5.91 Å². The molecule has 2 aromatic carbocycles. The second-order valence-electron chi connectivity index (χ2n) is 8.14. The number of piperazine rings is 1. The normalized spacial score (nSPS) is 16.6. The lowest BCUT2D eigenvalue weighted by molar-refractivity contribution is 0.0820. The number of benzene rings is 2. The van der Waals surface area contributed by atoms with Gasteiger partial charge < -0.3 is 19.3 Å². The summed E-state index contributed by atoms with van der Waals surface area (Å²) in [4.78, 5) is 19.6. The molecule has 0 saturated carbocycles. The Morgan fingerprint density at radius 1 is 1.00 bits per heavy atom. The Morgan fingerprint density at radius 2 is 1.81 bits per heavy atom. The molecule has 0 N–H and O–H groups in total. The standard InChI is InChI=1S/C25H31N3O3/c1-20-6-5-7-21(18-20)27-14-12-26(13-15-27)10-3-4-11-28-16-17-31-24-19-22(30-2)8-9-23(24)25(28)29/h5-9,16-19H,3-4,10-15H2,1-2H3. The molecule has 31 heavy (non-hydrogen) atoms. The molecule has 0 aromatic heterocycles. The summed E-state index contributed by atoms with van der Waals surface area (Å²) in [6, 6.07) is 14.1. The number of carbonyl (C=O) groups is 1. The number of hydrogen-bond donors (Lipinski definition) is 0. The Morgan fingerprint density at radius 3 is 2.58 bits per heavy atom. The molecule has 2 heterocycles. The first kappa shape index (κ1) is 21.2. The van der Waals surface area contributed by atoms with E-state index in [-0.39, 0.29) is 5.91 Å². The minimum absolute atomic E-state index is 0.0295. The molecular formula is C25H31N3O3. The molecule has 0 radical (unpaired) electrons. The van der Waals surface area contributed by atoms with Crippen LogP contribution < -0.4 is 14.4 Å². The number of methoxy groups -OCH3 is 1. The van der Waals surface area contributed by atoms with Gasteiger partial charge in [-0.3, -0.25) is 9.69 Å². The highest BCUT2D eigenvalue weighted by atomic mass is 16.5. The molecule has 6 heteroatoms. The van der Waals surface area contributed by atoms with Crippen LogP contribution in [0.15, 0.2) is 54.9 Å². The zero-order valence-corrected chi connectivity index (χ0v) is 18.4.